The summed E-state index contributed by atoms with van der Waals surface area (Å²) in [5.41, 5.74) is 35.6. The number of fused-ring (bicyclic) bond motifs is 6. The number of rotatable bonds is 21. The molecule has 14 nitrogen and oxygen atoms in total. The molecule has 6 fully saturated rings. The summed E-state index contributed by atoms with van der Waals surface area (Å²) in [5.74, 6) is 1.28. The fourth-order valence-corrected chi connectivity index (χ4v) is 21.5. The topological polar surface area (TPSA) is 93.3 Å². The predicted octanol–water partition coefficient (Wildman–Crippen LogP) is 23.8. The van der Waals surface area contributed by atoms with Crippen LogP contribution in [-0.2, 0) is 61.2 Å². The molecule has 14 aromatic carbocycles. The van der Waals surface area contributed by atoms with Crippen molar-refractivity contribution in [2.45, 2.75) is 65.2 Å². The van der Waals surface area contributed by atoms with E-state index in [1.165, 1.54) is 123 Å². The zero-order valence-corrected chi connectivity index (χ0v) is 80.8. The van der Waals surface area contributed by atoms with Gasteiger partial charge in [-0.1, -0.05) is 234 Å². The molecule has 14 aromatic rings. The summed E-state index contributed by atoms with van der Waals surface area (Å²) in [4.78, 5) is 14.4. The van der Waals surface area contributed by atoms with E-state index in [0.717, 1.165) is 172 Å². The number of benzene rings is 14. The first kappa shape index (κ1) is 90.5. The van der Waals surface area contributed by atoms with Crippen LogP contribution in [0, 0.1) is 25.7 Å². The van der Waals surface area contributed by atoms with E-state index in [4.69, 9.17) is 37.6 Å². The Hall–Kier alpha value is -11.4. The Morgan fingerprint density at radius 3 is 0.858 bits per heavy atom. The Labute approximate surface area is 808 Å². The van der Waals surface area contributed by atoms with Crippen LogP contribution in [0.5, 0.6) is 0 Å². The van der Waals surface area contributed by atoms with E-state index in [9.17, 15) is 0 Å². The maximum Gasteiger partial charge on any atom is 0.494 e. The van der Waals surface area contributed by atoms with Crippen molar-refractivity contribution in [3.8, 4) is 33.4 Å². The zero-order valence-electron chi connectivity index (χ0n) is 77.6. The highest BCUT2D eigenvalue weighted by molar-refractivity contribution is 9.10. The van der Waals surface area contributed by atoms with Crippen molar-refractivity contribution in [3.05, 3.63) is 391 Å². The molecule has 134 heavy (non-hydrogen) atoms. The van der Waals surface area contributed by atoms with Gasteiger partial charge in [-0.05, 0) is 290 Å². The second kappa shape index (κ2) is 40.7. The molecular formula is C116H116B2Br2N6O8. The number of hydrogen-bond acceptors (Lipinski definition) is 14. The van der Waals surface area contributed by atoms with Crippen LogP contribution in [0.3, 0.4) is 0 Å². The minimum Gasteiger partial charge on any atom is -0.405 e. The van der Waals surface area contributed by atoms with Gasteiger partial charge in [0, 0.05) is 118 Å². The average molecular weight is 1900 g/mol. The van der Waals surface area contributed by atoms with E-state index in [1.807, 2.05) is 0 Å². The summed E-state index contributed by atoms with van der Waals surface area (Å²) < 4.78 is 49.0. The van der Waals surface area contributed by atoms with Crippen molar-refractivity contribution in [3.63, 3.8) is 0 Å². The average Bonchev–Trinajstić information content (AvgIpc) is 1.53. The Morgan fingerprint density at radius 1 is 0.276 bits per heavy atom. The highest BCUT2D eigenvalue weighted by atomic mass is 79.9. The second-order valence-electron chi connectivity index (χ2n) is 37.2. The maximum absolute atomic E-state index is 6.02. The molecule has 2 aliphatic carbocycles. The second-order valence-corrected chi connectivity index (χ2v) is 39.0. The highest BCUT2D eigenvalue weighted by Gasteiger charge is 2.50. The molecule has 0 bridgehead atoms. The lowest BCUT2D eigenvalue weighted by Gasteiger charge is -2.36. The van der Waals surface area contributed by atoms with Crippen molar-refractivity contribution < 1.29 is 37.6 Å². The smallest absolute Gasteiger partial charge is 0.405 e. The van der Waals surface area contributed by atoms with Gasteiger partial charge in [0.1, 0.15) is 0 Å². The molecule has 18 heteroatoms. The molecule has 0 radical (unpaired) electrons. The van der Waals surface area contributed by atoms with Gasteiger partial charge in [0.15, 0.2) is 0 Å². The van der Waals surface area contributed by atoms with Gasteiger partial charge < -0.3 is 67.0 Å². The minimum absolute atomic E-state index is 0.370. The number of halogens is 2. The molecule has 6 saturated heterocycles. The molecule has 0 saturated carbocycles. The van der Waals surface area contributed by atoms with Crippen molar-refractivity contribution in [1.82, 2.24) is 0 Å². The monoisotopic (exact) mass is 1900 g/mol. The SMILES string of the molecule is CC(C)Cc1ccc(N(c2ccc(Br)cc2)c2ccc(Br)cc2)cc1.Cc1ccc(N(c2ccc(CC(C)C)cc2)c2ccc(-c3ccc4c(c3)C(c3ccc(N5CCOCC5)cc3)(c3ccc(N5CCOCC5)cc3)c3cc(C)ccc3-4)cc2)cc1.c1cc2c(cc1B1OCCO1)C(c1ccc(N3CCOCC3)cc1)(c1ccc(N3CCOCC3)cc1)c1cc(B3OCCO3)ccc1-2. The molecule has 0 amide bonds. The molecule has 0 N–H and O–H groups in total. The molecule has 22 rings (SSSR count). The first-order valence-corrected chi connectivity index (χ1v) is 49.5. The normalized spacial score (nSPS) is 16.5. The predicted molar refractivity (Wildman–Crippen MR) is 557 cm³/mol. The van der Waals surface area contributed by atoms with Gasteiger partial charge in [-0.2, -0.15) is 0 Å². The van der Waals surface area contributed by atoms with Crippen LogP contribution in [0.4, 0.5) is 56.9 Å². The van der Waals surface area contributed by atoms with Gasteiger partial charge in [0.2, 0.25) is 0 Å². The molecule has 678 valence electrons. The van der Waals surface area contributed by atoms with Crippen LogP contribution in [0.15, 0.2) is 324 Å². The van der Waals surface area contributed by atoms with E-state index in [0.29, 0.717) is 38.3 Å². The standard InChI is InChI=1S/C57H57N3O2.C37H38B2N2O6.C22H21Br2N/c1-40(2)37-43-8-19-51(20-9-43)60(50-17-5-41(3)6-18-50)52-21-10-44(11-22-52)45-12-28-54-53-27-7-42(4)38-55(53)57(56(54)39-45,46-13-23-48(24-14-46)58-29-33-61-34-30-58)47-15-25-49(26-16-47)59-31-35-62-36-32-59;1-7-31(40-13-17-42-18-14-40)8-2-27(1)37(28-3-9-32(10-4-28)41-15-19-43-20-16-41)35-25-29(38-44-21-22-45-38)5-11-33(35)34-12-6-30(26-36(34)37)39-46-23-24-47-39;1-16(2)15-17-3-9-20(10-4-17)25(21-11-5-18(23)6-12-21)22-13-7-19(24)8-14-22/h5-28,38-40H,29-37H2,1-4H3;1-12,25-26H,13-24H2;3-14,16H,15H2,1-2H3. The summed E-state index contributed by atoms with van der Waals surface area (Å²) in [6.07, 6.45) is 2.18. The largest absolute Gasteiger partial charge is 0.494 e. The van der Waals surface area contributed by atoms with Crippen LogP contribution >= 0.6 is 31.9 Å². The van der Waals surface area contributed by atoms with Gasteiger partial charge >= 0.3 is 14.2 Å². The highest BCUT2D eigenvalue weighted by Crippen LogP contribution is 2.59. The van der Waals surface area contributed by atoms with Crippen molar-refractivity contribution >= 4 is 114 Å². The van der Waals surface area contributed by atoms with Gasteiger partial charge in [-0.15, -0.1) is 0 Å². The number of anilines is 10. The first-order chi connectivity index (χ1) is 65.7. The third-order valence-corrected chi connectivity index (χ3v) is 28.6. The fraction of sp³-hybridized carbons (Fsp3) is 0.276. The lowest BCUT2D eigenvalue weighted by atomic mass is 9.65. The number of nitrogens with zero attached hydrogens (tertiary/aromatic N) is 6. The molecule has 0 spiro atoms. The number of aryl methyl sites for hydroxylation is 2. The van der Waals surface area contributed by atoms with Gasteiger partial charge in [-0.25, -0.2) is 0 Å². The Morgan fingerprint density at radius 2 is 0.537 bits per heavy atom. The summed E-state index contributed by atoms with van der Waals surface area (Å²) >= 11 is 7.05. The molecule has 8 aliphatic rings. The summed E-state index contributed by atoms with van der Waals surface area (Å²) in [5, 5.41) is 0. The van der Waals surface area contributed by atoms with E-state index >= 15 is 0 Å². The molecule has 6 heterocycles. The molecule has 0 atom stereocenters. The number of morpholine rings is 4. The lowest BCUT2D eigenvalue weighted by Crippen LogP contribution is -2.37. The van der Waals surface area contributed by atoms with Gasteiger partial charge in [0.25, 0.3) is 0 Å². The zero-order chi connectivity index (χ0) is 91.2. The van der Waals surface area contributed by atoms with E-state index in [1.54, 1.807) is 0 Å². The van der Waals surface area contributed by atoms with E-state index in [2.05, 4.69) is 418 Å². The Kier molecular flexibility index (Phi) is 27.5. The van der Waals surface area contributed by atoms with Crippen LogP contribution in [0.2, 0.25) is 0 Å². The van der Waals surface area contributed by atoms with Crippen molar-refractivity contribution in [2.24, 2.45) is 11.8 Å². The van der Waals surface area contributed by atoms with E-state index < -0.39 is 10.8 Å². The van der Waals surface area contributed by atoms with E-state index in [-0.39, 0.29) is 14.2 Å². The quantitative estimate of drug-likeness (QED) is 0.0639. The Bertz CT molecular complexity index is 6110. The molecule has 0 aromatic heterocycles. The van der Waals surface area contributed by atoms with Crippen LogP contribution in [0.1, 0.15) is 94.5 Å². The maximum atomic E-state index is 6.02. The van der Waals surface area contributed by atoms with Crippen LogP contribution in [0.25, 0.3) is 33.4 Å². The van der Waals surface area contributed by atoms with Gasteiger partial charge in [0.05, 0.1) is 90.1 Å². The molecule has 0 unspecified atom stereocenters. The Balaban J connectivity index is 0.000000136. The van der Waals surface area contributed by atoms with Gasteiger partial charge in [-0.3, -0.25) is 0 Å². The summed E-state index contributed by atoms with van der Waals surface area (Å²) in [7, 11) is -0.741. The van der Waals surface area contributed by atoms with Crippen LogP contribution in [-0.4, -0.2) is 146 Å². The molecule has 6 aliphatic heterocycles. The third-order valence-electron chi connectivity index (χ3n) is 27.6. The summed E-state index contributed by atoms with van der Waals surface area (Å²) in [6, 6.07) is 118. The molecular weight excluding hydrogens is 1790 g/mol. The fourth-order valence-electron chi connectivity index (χ4n) is 21.0. The number of ether oxygens (including phenoxy) is 4. The van der Waals surface area contributed by atoms with Crippen molar-refractivity contribution in [2.75, 3.05) is 161 Å². The minimum atomic E-state index is -0.596. The first-order valence-electron chi connectivity index (χ1n) is 47.9. The third kappa shape index (κ3) is 18.9. The van der Waals surface area contributed by atoms with Crippen LogP contribution < -0.4 is 40.3 Å². The number of hydrogen-bond donors (Lipinski definition) is 0. The van der Waals surface area contributed by atoms with Crippen molar-refractivity contribution in [1.29, 1.82) is 0 Å². The lowest BCUT2D eigenvalue weighted by molar-refractivity contribution is 0.122. The summed E-state index contributed by atoms with van der Waals surface area (Å²) in [6.45, 7) is 29.2.